The molecule has 0 unspecified atom stereocenters. The highest BCUT2D eigenvalue weighted by atomic mass is 79.9. The van der Waals surface area contributed by atoms with Gasteiger partial charge in [-0.05, 0) is 28.1 Å². The van der Waals surface area contributed by atoms with E-state index in [1.807, 2.05) is 5.43 Å². The second-order valence-corrected chi connectivity index (χ2v) is 3.22. The van der Waals surface area contributed by atoms with Gasteiger partial charge in [-0.3, -0.25) is 15.6 Å². The van der Waals surface area contributed by atoms with E-state index in [9.17, 15) is 9.59 Å². The van der Waals surface area contributed by atoms with Gasteiger partial charge in [-0.15, -0.1) is 0 Å². The Morgan fingerprint density at radius 1 is 1.29 bits per heavy atom. The van der Waals surface area contributed by atoms with Crippen LogP contribution in [0.5, 0.6) is 0 Å². The SMILES string of the molecule is O=C(O)C(=O)NNc1ccccc1Br. The number of aliphatic carboxylic acids is 1. The van der Waals surface area contributed by atoms with E-state index in [0.717, 1.165) is 4.47 Å². The molecule has 1 rings (SSSR count). The normalized spacial score (nSPS) is 9.21. The number of nitrogens with one attached hydrogen (secondary N) is 2. The molecule has 0 aliphatic carbocycles. The molecule has 1 aromatic rings. The molecule has 0 aliphatic heterocycles. The summed E-state index contributed by atoms with van der Waals surface area (Å²) in [6.45, 7) is 0. The molecule has 0 aliphatic rings. The molecule has 3 N–H and O–H groups in total. The third-order valence-corrected chi connectivity index (χ3v) is 2.07. The van der Waals surface area contributed by atoms with Crippen LogP contribution in [0, 0.1) is 0 Å². The van der Waals surface area contributed by atoms with Gasteiger partial charge in [0.25, 0.3) is 0 Å². The van der Waals surface area contributed by atoms with Crippen molar-refractivity contribution in [1.82, 2.24) is 5.43 Å². The third-order valence-electron chi connectivity index (χ3n) is 1.38. The number of para-hydroxylation sites is 1. The van der Waals surface area contributed by atoms with Crippen molar-refractivity contribution in [3.8, 4) is 0 Å². The lowest BCUT2D eigenvalue weighted by molar-refractivity contribution is -0.149. The molecule has 1 aromatic carbocycles. The van der Waals surface area contributed by atoms with Crippen LogP contribution in [0.2, 0.25) is 0 Å². The summed E-state index contributed by atoms with van der Waals surface area (Å²) in [5, 5.41) is 8.27. The summed E-state index contributed by atoms with van der Waals surface area (Å²) in [5.41, 5.74) is 5.07. The number of halogens is 1. The molecular formula is C8H7BrN2O3. The molecular weight excluding hydrogens is 252 g/mol. The minimum Gasteiger partial charge on any atom is -0.474 e. The van der Waals surface area contributed by atoms with E-state index in [1.165, 1.54) is 0 Å². The molecule has 74 valence electrons. The van der Waals surface area contributed by atoms with E-state index >= 15 is 0 Å². The second-order valence-electron chi connectivity index (χ2n) is 2.36. The molecule has 0 radical (unpaired) electrons. The maximum atomic E-state index is 10.6. The summed E-state index contributed by atoms with van der Waals surface area (Å²) in [7, 11) is 0. The van der Waals surface area contributed by atoms with Gasteiger partial charge in [-0.25, -0.2) is 4.79 Å². The van der Waals surface area contributed by atoms with Gasteiger partial charge >= 0.3 is 11.9 Å². The number of hydrogen-bond acceptors (Lipinski definition) is 3. The highest BCUT2D eigenvalue weighted by Crippen LogP contribution is 2.19. The van der Waals surface area contributed by atoms with Gasteiger partial charge in [0.2, 0.25) is 0 Å². The predicted molar refractivity (Wildman–Crippen MR) is 53.5 cm³/mol. The summed E-state index contributed by atoms with van der Waals surface area (Å²) in [6.07, 6.45) is 0. The number of hydrogen-bond donors (Lipinski definition) is 3. The van der Waals surface area contributed by atoms with Gasteiger partial charge in [-0.1, -0.05) is 12.1 Å². The molecule has 0 saturated heterocycles. The highest BCUT2D eigenvalue weighted by Gasteiger charge is 2.09. The van der Waals surface area contributed by atoms with Gasteiger partial charge in [0.15, 0.2) is 0 Å². The second kappa shape index (κ2) is 4.61. The molecule has 1 amide bonds. The summed E-state index contributed by atoms with van der Waals surface area (Å²) in [4.78, 5) is 20.8. The molecule has 14 heavy (non-hydrogen) atoms. The number of anilines is 1. The summed E-state index contributed by atoms with van der Waals surface area (Å²) in [5.74, 6) is -2.65. The lowest BCUT2D eigenvalue weighted by atomic mass is 10.3. The molecule has 0 aromatic heterocycles. The quantitative estimate of drug-likeness (QED) is 0.546. The average Bonchev–Trinajstić information content (AvgIpc) is 2.16. The van der Waals surface area contributed by atoms with Crippen molar-refractivity contribution in [2.24, 2.45) is 0 Å². The van der Waals surface area contributed by atoms with Crippen LogP contribution in [0.25, 0.3) is 0 Å². The number of benzene rings is 1. The first-order valence-corrected chi connectivity index (χ1v) is 4.44. The number of carboxylic acid groups (broad SMARTS) is 1. The Labute approximate surface area is 88.2 Å². The Balaban J connectivity index is 2.58. The van der Waals surface area contributed by atoms with Crippen molar-refractivity contribution < 1.29 is 14.7 Å². The van der Waals surface area contributed by atoms with Gasteiger partial charge in [0.05, 0.1) is 5.69 Å². The van der Waals surface area contributed by atoms with E-state index < -0.39 is 11.9 Å². The fourth-order valence-electron chi connectivity index (χ4n) is 0.740. The molecule has 0 fully saturated rings. The molecule has 5 nitrogen and oxygen atoms in total. The Morgan fingerprint density at radius 3 is 2.50 bits per heavy atom. The molecule has 0 atom stereocenters. The van der Waals surface area contributed by atoms with Crippen LogP contribution in [0.1, 0.15) is 0 Å². The van der Waals surface area contributed by atoms with Crippen LogP contribution in [0.3, 0.4) is 0 Å². The fourth-order valence-corrected chi connectivity index (χ4v) is 1.12. The predicted octanol–water partition coefficient (Wildman–Crippen LogP) is 0.977. The monoisotopic (exact) mass is 258 g/mol. The molecule has 6 heteroatoms. The van der Waals surface area contributed by atoms with Crippen LogP contribution in [0.4, 0.5) is 5.69 Å². The van der Waals surface area contributed by atoms with Crippen molar-refractivity contribution in [1.29, 1.82) is 0 Å². The Hall–Kier alpha value is -1.56. The van der Waals surface area contributed by atoms with E-state index in [-0.39, 0.29) is 0 Å². The van der Waals surface area contributed by atoms with Gasteiger partial charge < -0.3 is 5.11 Å². The number of carbonyl (C=O) groups excluding carboxylic acids is 1. The van der Waals surface area contributed by atoms with E-state index in [1.54, 1.807) is 24.3 Å². The first-order valence-electron chi connectivity index (χ1n) is 3.65. The molecule has 0 saturated carbocycles. The zero-order chi connectivity index (χ0) is 10.6. The van der Waals surface area contributed by atoms with Crippen molar-refractivity contribution in [2.75, 3.05) is 5.43 Å². The molecule has 0 heterocycles. The largest absolute Gasteiger partial charge is 0.474 e. The minimum absolute atomic E-state index is 0.585. The topological polar surface area (TPSA) is 78.4 Å². The first kappa shape index (κ1) is 10.5. The Kier molecular flexibility index (Phi) is 3.47. The summed E-state index contributed by atoms with van der Waals surface area (Å²) >= 11 is 3.22. The number of carbonyl (C=O) groups is 2. The van der Waals surface area contributed by atoms with Crippen LogP contribution in [-0.2, 0) is 9.59 Å². The van der Waals surface area contributed by atoms with Gasteiger partial charge in [0, 0.05) is 4.47 Å². The summed E-state index contributed by atoms with van der Waals surface area (Å²) in [6, 6.07) is 7.00. The highest BCUT2D eigenvalue weighted by molar-refractivity contribution is 9.10. The van der Waals surface area contributed by atoms with Crippen molar-refractivity contribution in [3.05, 3.63) is 28.7 Å². The minimum atomic E-state index is -1.54. The average molecular weight is 259 g/mol. The molecule has 0 spiro atoms. The van der Waals surface area contributed by atoms with Crippen LogP contribution in [0.15, 0.2) is 28.7 Å². The maximum absolute atomic E-state index is 10.6. The fraction of sp³-hybridized carbons (Fsp3) is 0. The zero-order valence-corrected chi connectivity index (χ0v) is 8.54. The first-order chi connectivity index (χ1) is 6.61. The van der Waals surface area contributed by atoms with E-state index in [2.05, 4.69) is 21.4 Å². The lowest BCUT2D eigenvalue weighted by Crippen LogP contribution is -2.35. The standard InChI is InChI=1S/C8H7BrN2O3/c9-5-3-1-2-4-6(5)10-11-7(12)8(13)14/h1-4,10H,(H,11,12)(H,13,14). The van der Waals surface area contributed by atoms with Crippen molar-refractivity contribution >= 4 is 33.5 Å². The molecule has 0 bridgehead atoms. The van der Waals surface area contributed by atoms with Crippen LogP contribution in [-0.4, -0.2) is 17.0 Å². The Morgan fingerprint density at radius 2 is 1.93 bits per heavy atom. The smallest absolute Gasteiger partial charge is 0.396 e. The number of amides is 1. The third kappa shape index (κ3) is 2.74. The number of rotatable bonds is 2. The van der Waals surface area contributed by atoms with Crippen molar-refractivity contribution in [3.63, 3.8) is 0 Å². The van der Waals surface area contributed by atoms with Crippen molar-refractivity contribution in [2.45, 2.75) is 0 Å². The van der Waals surface area contributed by atoms with Gasteiger partial charge in [0.1, 0.15) is 0 Å². The van der Waals surface area contributed by atoms with E-state index in [0.29, 0.717) is 5.69 Å². The summed E-state index contributed by atoms with van der Waals surface area (Å²) < 4.78 is 0.727. The number of carboxylic acids is 1. The number of hydrazine groups is 1. The van der Waals surface area contributed by atoms with Crippen LogP contribution >= 0.6 is 15.9 Å². The van der Waals surface area contributed by atoms with Crippen LogP contribution < -0.4 is 10.9 Å². The zero-order valence-electron chi connectivity index (χ0n) is 6.95. The van der Waals surface area contributed by atoms with Gasteiger partial charge in [-0.2, -0.15) is 0 Å². The van der Waals surface area contributed by atoms with E-state index in [4.69, 9.17) is 5.11 Å². The lowest BCUT2D eigenvalue weighted by Gasteiger charge is -2.07. The maximum Gasteiger partial charge on any atom is 0.396 e. The Bertz CT molecular complexity index is 367.